The van der Waals surface area contributed by atoms with Crippen molar-refractivity contribution in [2.75, 3.05) is 0 Å². The van der Waals surface area contributed by atoms with Crippen LogP contribution in [-0.2, 0) is 4.79 Å². The van der Waals surface area contributed by atoms with E-state index >= 15 is 0 Å². The molecule has 2 bridgehead atoms. The Bertz CT molecular complexity index is 1020. The Hall–Kier alpha value is -2.53. The minimum atomic E-state index is -0.738. The van der Waals surface area contributed by atoms with Crippen LogP contribution in [0.5, 0.6) is 0 Å². The first-order chi connectivity index (χ1) is 16.3. The SMILES string of the molecule is CC1(C)[C@H]2C[C@H](CC=CCCCC(=O)O)[C@@H](NC(=O)c3ccc(Sc4ccccc4)cc3)[C@@H]1C2. The Morgan fingerprint density at radius 1 is 1.03 bits per heavy atom. The summed E-state index contributed by atoms with van der Waals surface area (Å²) in [4.78, 5) is 26.2. The topological polar surface area (TPSA) is 66.4 Å². The summed E-state index contributed by atoms with van der Waals surface area (Å²) in [7, 11) is 0. The van der Waals surface area contributed by atoms with Crippen molar-refractivity contribution in [2.45, 2.75) is 68.2 Å². The fourth-order valence-electron chi connectivity index (χ4n) is 5.66. The van der Waals surface area contributed by atoms with Crippen molar-refractivity contribution < 1.29 is 14.7 Å². The lowest BCUT2D eigenvalue weighted by Crippen LogP contribution is -2.63. The molecule has 180 valence electrons. The number of nitrogens with one attached hydrogen (secondary N) is 1. The van der Waals surface area contributed by atoms with Crippen molar-refractivity contribution in [1.82, 2.24) is 5.32 Å². The lowest BCUT2D eigenvalue weighted by Gasteiger charge is -2.62. The number of unbranched alkanes of at least 4 members (excludes halogenated alkanes) is 1. The maximum atomic E-state index is 13.2. The first-order valence-electron chi connectivity index (χ1n) is 12.3. The van der Waals surface area contributed by atoms with Gasteiger partial charge in [0.1, 0.15) is 0 Å². The summed E-state index contributed by atoms with van der Waals surface area (Å²) in [6, 6.07) is 18.3. The van der Waals surface area contributed by atoms with Crippen molar-refractivity contribution in [3.05, 3.63) is 72.3 Å². The van der Waals surface area contributed by atoms with Crippen LogP contribution in [0.2, 0.25) is 0 Å². The van der Waals surface area contributed by atoms with Crippen LogP contribution in [0.4, 0.5) is 0 Å². The summed E-state index contributed by atoms with van der Waals surface area (Å²) >= 11 is 1.69. The van der Waals surface area contributed by atoms with Crippen LogP contribution in [-0.4, -0.2) is 23.0 Å². The molecule has 0 aliphatic heterocycles. The molecular formula is C29H35NO3S. The van der Waals surface area contributed by atoms with Crippen LogP contribution in [0, 0.1) is 23.2 Å². The first kappa shape index (κ1) is 24.6. The highest BCUT2D eigenvalue weighted by Crippen LogP contribution is 2.61. The predicted molar refractivity (Wildman–Crippen MR) is 137 cm³/mol. The Morgan fingerprint density at radius 3 is 2.41 bits per heavy atom. The molecule has 0 heterocycles. The molecule has 3 aliphatic rings. The standard InChI is InChI=1S/C29H35NO3S/c1-29(2)22-18-21(10-6-3-4-9-13-26(31)32)27(25(29)19-22)30-28(33)20-14-16-24(17-15-20)34-23-11-7-5-8-12-23/h3,5-8,11-12,14-17,21-22,25,27H,4,9-10,13,18-19H2,1-2H3,(H,30,33)(H,31,32)/t21-,22-,25-,27+/m0/s1. The van der Waals surface area contributed by atoms with E-state index in [0.717, 1.165) is 30.1 Å². The third-order valence-corrected chi connectivity index (χ3v) is 8.85. The largest absolute Gasteiger partial charge is 0.481 e. The van der Waals surface area contributed by atoms with Gasteiger partial charge in [0.05, 0.1) is 0 Å². The molecule has 2 aromatic carbocycles. The van der Waals surface area contributed by atoms with Crippen molar-refractivity contribution >= 4 is 23.6 Å². The molecule has 4 nitrogen and oxygen atoms in total. The lowest BCUT2D eigenvalue weighted by molar-refractivity contribution is -0.137. The van der Waals surface area contributed by atoms with Gasteiger partial charge in [-0.05, 0) is 91.7 Å². The van der Waals surface area contributed by atoms with Gasteiger partial charge in [0.15, 0.2) is 0 Å². The molecule has 2 N–H and O–H groups in total. The zero-order valence-electron chi connectivity index (χ0n) is 20.1. The number of rotatable bonds is 10. The Labute approximate surface area is 207 Å². The maximum Gasteiger partial charge on any atom is 0.303 e. The molecule has 3 fully saturated rings. The molecule has 3 aliphatic carbocycles. The third-order valence-electron chi connectivity index (χ3n) is 7.84. The molecule has 2 aromatic rings. The van der Waals surface area contributed by atoms with E-state index in [9.17, 15) is 9.59 Å². The third kappa shape index (κ3) is 5.75. The maximum absolute atomic E-state index is 13.2. The molecular weight excluding hydrogens is 442 g/mol. The van der Waals surface area contributed by atoms with Gasteiger partial charge in [-0.3, -0.25) is 9.59 Å². The zero-order valence-corrected chi connectivity index (χ0v) is 20.9. The molecule has 1 amide bonds. The number of carbonyl (C=O) groups is 2. The smallest absolute Gasteiger partial charge is 0.303 e. The molecule has 5 rings (SSSR count). The van der Waals surface area contributed by atoms with Crippen LogP contribution < -0.4 is 5.32 Å². The van der Waals surface area contributed by atoms with Gasteiger partial charge < -0.3 is 10.4 Å². The van der Waals surface area contributed by atoms with Crippen molar-refractivity contribution in [3.63, 3.8) is 0 Å². The second-order valence-corrected chi connectivity index (χ2v) is 11.4. The predicted octanol–water partition coefficient (Wildman–Crippen LogP) is 6.82. The summed E-state index contributed by atoms with van der Waals surface area (Å²) in [5.41, 5.74) is 0.982. The lowest BCUT2D eigenvalue weighted by atomic mass is 9.44. The number of fused-ring (bicyclic) bond motifs is 2. The van der Waals surface area contributed by atoms with E-state index in [-0.39, 0.29) is 23.8 Å². The number of benzene rings is 2. The number of carbonyl (C=O) groups excluding carboxylic acids is 1. The number of carboxylic acid groups (broad SMARTS) is 1. The van der Waals surface area contributed by atoms with Crippen LogP contribution in [0.3, 0.4) is 0 Å². The van der Waals surface area contributed by atoms with Gasteiger partial charge in [-0.2, -0.15) is 0 Å². The fraction of sp³-hybridized carbons (Fsp3) is 0.448. The Balaban J connectivity index is 1.37. The van der Waals surface area contributed by atoms with Crippen molar-refractivity contribution in [1.29, 1.82) is 0 Å². The van der Waals surface area contributed by atoms with E-state index < -0.39 is 5.97 Å². The molecule has 0 unspecified atom stereocenters. The summed E-state index contributed by atoms with van der Waals surface area (Å²) in [6.07, 6.45) is 9.26. The van der Waals surface area contributed by atoms with E-state index in [1.165, 1.54) is 11.3 Å². The number of carboxylic acids is 1. The molecule has 0 radical (unpaired) electrons. The van der Waals surface area contributed by atoms with Gasteiger partial charge in [-0.15, -0.1) is 0 Å². The molecule has 3 saturated carbocycles. The zero-order chi connectivity index (χ0) is 24.1. The van der Waals surface area contributed by atoms with Gasteiger partial charge in [-0.25, -0.2) is 0 Å². The average Bonchev–Trinajstić information content (AvgIpc) is 2.82. The highest BCUT2D eigenvalue weighted by Gasteiger charge is 2.57. The highest BCUT2D eigenvalue weighted by molar-refractivity contribution is 7.99. The van der Waals surface area contributed by atoms with E-state index in [1.54, 1.807) is 11.8 Å². The van der Waals surface area contributed by atoms with Gasteiger partial charge in [-0.1, -0.05) is 56.0 Å². The van der Waals surface area contributed by atoms with E-state index in [4.69, 9.17) is 5.11 Å². The highest BCUT2D eigenvalue weighted by atomic mass is 32.2. The molecule has 34 heavy (non-hydrogen) atoms. The van der Waals surface area contributed by atoms with Gasteiger partial charge in [0.2, 0.25) is 0 Å². The quantitative estimate of drug-likeness (QED) is 0.291. The Morgan fingerprint density at radius 2 is 1.74 bits per heavy atom. The van der Waals surface area contributed by atoms with E-state index in [2.05, 4.69) is 43.4 Å². The monoisotopic (exact) mass is 477 g/mol. The molecule has 0 saturated heterocycles. The minimum Gasteiger partial charge on any atom is -0.481 e. The second kappa shape index (κ2) is 10.8. The summed E-state index contributed by atoms with van der Waals surface area (Å²) in [5, 5.41) is 12.2. The number of hydrogen-bond acceptors (Lipinski definition) is 3. The molecule has 5 heteroatoms. The fourth-order valence-corrected chi connectivity index (χ4v) is 6.50. The molecule has 4 atom stereocenters. The average molecular weight is 478 g/mol. The number of hydrogen-bond donors (Lipinski definition) is 2. The van der Waals surface area contributed by atoms with Gasteiger partial charge >= 0.3 is 5.97 Å². The normalized spacial score (nSPS) is 25.0. The Kier molecular flexibility index (Phi) is 7.82. The van der Waals surface area contributed by atoms with Crippen LogP contribution in [0.1, 0.15) is 62.7 Å². The number of allylic oxidation sites excluding steroid dienone is 2. The van der Waals surface area contributed by atoms with Crippen LogP contribution >= 0.6 is 11.8 Å². The van der Waals surface area contributed by atoms with Gasteiger partial charge in [0.25, 0.3) is 5.91 Å². The molecule has 0 aromatic heterocycles. The number of amides is 1. The van der Waals surface area contributed by atoms with Crippen LogP contribution in [0.25, 0.3) is 0 Å². The minimum absolute atomic E-state index is 0.0119. The van der Waals surface area contributed by atoms with Crippen LogP contribution in [0.15, 0.2) is 76.5 Å². The second-order valence-electron chi connectivity index (χ2n) is 10.3. The summed E-state index contributed by atoms with van der Waals surface area (Å²) < 4.78 is 0. The molecule has 0 spiro atoms. The summed E-state index contributed by atoms with van der Waals surface area (Å²) in [6.45, 7) is 4.69. The number of aliphatic carboxylic acids is 1. The summed E-state index contributed by atoms with van der Waals surface area (Å²) in [5.74, 6) is 0.943. The van der Waals surface area contributed by atoms with E-state index in [0.29, 0.717) is 23.8 Å². The van der Waals surface area contributed by atoms with Crippen molar-refractivity contribution in [3.8, 4) is 0 Å². The van der Waals surface area contributed by atoms with Gasteiger partial charge in [0, 0.05) is 27.8 Å². The van der Waals surface area contributed by atoms with E-state index in [1.807, 2.05) is 42.5 Å². The first-order valence-corrected chi connectivity index (χ1v) is 13.2. The van der Waals surface area contributed by atoms with Crippen molar-refractivity contribution in [2.24, 2.45) is 23.2 Å².